The van der Waals surface area contributed by atoms with E-state index in [2.05, 4.69) is 53.8 Å². The standard InChI is InChI=1S/C18H12ClNS/c19-13-6-3-5-12(11-13)14-7-4-10-17-18(14)20-15-8-1-2-9-16(15)21-17/h1-11,20H. The highest BCUT2D eigenvalue weighted by atomic mass is 35.5. The highest BCUT2D eigenvalue weighted by Crippen LogP contribution is 2.47. The molecule has 3 aromatic carbocycles. The van der Waals surface area contributed by atoms with Crippen LogP contribution < -0.4 is 5.32 Å². The van der Waals surface area contributed by atoms with Gasteiger partial charge >= 0.3 is 0 Å². The molecule has 1 aliphatic heterocycles. The normalized spacial score (nSPS) is 12.2. The summed E-state index contributed by atoms with van der Waals surface area (Å²) in [7, 11) is 0. The van der Waals surface area contributed by atoms with Crippen molar-refractivity contribution in [1.82, 2.24) is 0 Å². The number of hydrogen-bond acceptors (Lipinski definition) is 2. The highest BCUT2D eigenvalue weighted by Gasteiger charge is 2.18. The fraction of sp³-hybridized carbons (Fsp3) is 0. The molecule has 102 valence electrons. The molecule has 0 atom stereocenters. The Bertz CT molecular complexity index is 829. The Morgan fingerprint density at radius 3 is 2.52 bits per heavy atom. The summed E-state index contributed by atoms with van der Waals surface area (Å²) in [5, 5.41) is 4.32. The number of benzene rings is 3. The molecule has 0 spiro atoms. The van der Waals surface area contributed by atoms with Crippen LogP contribution in [-0.2, 0) is 0 Å². The lowest BCUT2D eigenvalue weighted by molar-refractivity contribution is 1.31. The molecule has 0 bridgehead atoms. The molecule has 3 aromatic rings. The third kappa shape index (κ3) is 2.31. The Kier molecular flexibility index (Phi) is 3.13. The number of anilines is 2. The number of nitrogens with one attached hydrogen (secondary N) is 1. The molecule has 0 fully saturated rings. The van der Waals surface area contributed by atoms with Crippen molar-refractivity contribution in [2.45, 2.75) is 9.79 Å². The summed E-state index contributed by atoms with van der Waals surface area (Å²) < 4.78 is 0. The van der Waals surface area contributed by atoms with Gasteiger partial charge in [0, 0.05) is 20.4 Å². The van der Waals surface area contributed by atoms with Crippen LogP contribution in [0.3, 0.4) is 0 Å². The molecule has 3 heteroatoms. The zero-order valence-electron chi connectivity index (χ0n) is 11.1. The predicted octanol–water partition coefficient (Wildman–Crippen LogP) is 6.22. The largest absolute Gasteiger partial charge is 0.353 e. The summed E-state index contributed by atoms with van der Waals surface area (Å²) in [6.07, 6.45) is 0. The van der Waals surface area contributed by atoms with E-state index in [1.165, 1.54) is 15.4 Å². The van der Waals surface area contributed by atoms with Crippen molar-refractivity contribution >= 4 is 34.7 Å². The quantitative estimate of drug-likeness (QED) is 0.448. The smallest absolute Gasteiger partial charge is 0.0606 e. The number of fused-ring (bicyclic) bond motifs is 2. The second kappa shape index (κ2) is 5.14. The lowest BCUT2D eigenvalue weighted by Gasteiger charge is -2.23. The molecule has 0 saturated heterocycles. The Labute approximate surface area is 133 Å². The maximum Gasteiger partial charge on any atom is 0.0606 e. The van der Waals surface area contributed by atoms with Gasteiger partial charge in [-0.1, -0.05) is 59.8 Å². The van der Waals surface area contributed by atoms with E-state index in [1.807, 2.05) is 18.2 Å². The molecule has 1 heterocycles. The minimum atomic E-state index is 0.758. The molecule has 1 aliphatic rings. The van der Waals surface area contributed by atoms with Gasteiger partial charge in [0.05, 0.1) is 11.4 Å². The molecule has 0 aliphatic carbocycles. The van der Waals surface area contributed by atoms with Crippen LogP contribution in [-0.4, -0.2) is 0 Å². The lowest BCUT2D eigenvalue weighted by atomic mass is 10.0. The first-order chi connectivity index (χ1) is 10.3. The third-order valence-electron chi connectivity index (χ3n) is 3.53. The molecule has 0 radical (unpaired) electrons. The van der Waals surface area contributed by atoms with E-state index in [4.69, 9.17) is 11.6 Å². The summed E-state index contributed by atoms with van der Waals surface area (Å²) in [4.78, 5) is 2.50. The summed E-state index contributed by atoms with van der Waals surface area (Å²) in [5.74, 6) is 0. The van der Waals surface area contributed by atoms with Crippen LogP contribution in [0, 0.1) is 0 Å². The second-order valence-corrected chi connectivity index (χ2v) is 6.43. The summed E-state index contributed by atoms with van der Waals surface area (Å²) >= 11 is 7.93. The Hall–Kier alpha value is -1.90. The van der Waals surface area contributed by atoms with Gasteiger partial charge in [0.1, 0.15) is 0 Å². The lowest BCUT2D eigenvalue weighted by Crippen LogP contribution is -2.01. The molecule has 4 rings (SSSR count). The summed E-state index contributed by atoms with van der Waals surface area (Å²) in [5.41, 5.74) is 4.62. The van der Waals surface area contributed by atoms with Crippen LogP contribution in [0.25, 0.3) is 11.1 Å². The number of rotatable bonds is 1. The topological polar surface area (TPSA) is 12.0 Å². The van der Waals surface area contributed by atoms with Gasteiger partial charge in [0.15, 0.2) is 0 Å². The van der Waals surface area contributed by atoms with Gasteiger partial charge in [0.25, 0.3) is 0 Å². The van der Waals surface area contributed by atoms with E-state index in [0.717, 1.165) is 22.0 Å². The molecule has 21 heavy (non-hydrogen) atoms. The van der Waals surface area contributed by atoms with Crippen molar-refractivity contribution in [3.8, 4) is 11.1 Å². The molecule has 0 aromatic heterocycles. The van der Waals surface area contributed by atoms with Crippen molar-refractivity contribution in [3.63, 3.8) is 0 Å². The van der Waals surface area contributed by atoms with Crippen LogP contribution in [0.5, 0.6) is 0 Å². The maximum atomic E-state index is 6.13. The van der Waals surface area contributed by atoms with Gasteiger partial charge in [-0.05, 0) is 35.9 Å². The van der Waals surface area contributed by atoms with Gasteiger partial charge in [0.2, 0.25) is 0 Å². The van der Waals surface area contributed by atoms with Crippen LogP contribution in [0.1, 0.15) is 0 Å². The van der Waals surface area contributed by atoms with Gasteiger partial charge < -0.3 is 5.32 Å². The van der Waals surface area contributed by atoms with Crippen LogP contribution in [0.2, 0.25) is 5.02 Å². The second-order valence-electron chi connectivity index (χ2n) is 4.91. The van der Waals surface area contributed by atoms with Crippen molar-refractivity contribution in [2.75, 3.05) is 5.32 Å². The number of halogens is 1. The van der Waals surface area contributed by atoms with Gasteiger partial charge in [-0.3, -0.25) is 0 Å². The van der Waals surface area contributed by atoms with E-state index in [1.54, 1.807) is 11.8 Å². The fourth-order valence-corrected chi connectivity index (χ4v) is 3.77. The molecule has 1 nitrogen and oxygen atoms in total. The molecular formula is C18H12ClNS. The van der Waals surface area contributed by atoms with Crippen molar-refractivity contribution in [3.05, 3.63) is 71.8 Å². The number of hydrogen-bond donors (Lipinski definition) is 1. The van der Waals surface area contributed by atoms with E-state index in [0.29, 0.717) is 0 Å². The fourth-order valence-electron chi connectivity index (χ4n) is 2.55. The van der Waals surface area contributed by atoms with Crippen molar-refractivity contribution < 1.29 is 0 Å². The van der Waals surface area contributed by atoms with Crippen molar-refractivity contribution in [1.29, 1.82) is 0 Å². The highest BCUT2D eigenvalue weighted by molar-refractivity contribution is 7.99. The van der Waals surface area contributed by atoms with Gasteiger partial charge in [-0.15, -0.1) is 0 Å². The van der Waals surface area contributed by atoms with E-state index in [-0.39, 0.29) is 0 Å². The average Bonchev–Trinajstić information content (AvgIpc) is 2.52. The summed E-state index contributed by atoms with van der Waals surface area (Å²) in [6.45, 7) is 0. The van der Waals surface area contributed by atoms with E-state index < -0.39 is 0 Å². The third-order valence-corrected chi connectivity index (χ3v) is 4.90. The molecular weight excluding hydrogens is 298 g/mol. The molecule has 0 unspecified atom stereocenters. The van der Waals surface area contributed by atoms with Crippen molar-refractivity contribution in [2.24, 2.45) is 0 Å². The predicted molar refractivity (Wildman–Crippen MR) is 90.7 cm³/mol. The first kappa shape index (κ1) is 12.8. The maximum absolute atomic E-state index is 6.13. The first-order valence-electron chi connectivity index (χ1n) is 6.74. The Morgan fingerprint density at radius 1 is 0.810 bits per heavy atom. The molecule has 0 saturated carbocycles. The SMILES string of the molecule is Clc1cccc(-c2cccc3c2Nc2ccccc2S3)c1. The minimum Gasteiger partial charge on any atom is -0.353 e. The van der Waals surface area contributed by atoms with E-state index >= 15 is 0 Å². The molecule has 0 amide bonds. The first-order valence-corrected chi connectivity index (χ1v) is 7.93. The zero-order chi connectivity index (χ0) is 14.2. The zero-order valence-corrected chi connectivity index (χ0v) is 12.7. The monoisotopic (exact) mass is 309 g/mol. The van der Waals surface area contributed by atoms with Crippen LogP contribution in [0.15, 0.2) is 76.5 Å². The molecule has 1 N–H and O–H groups in total. The van der Waals surface area contributed by atoms with Gasteiger partial charge in [-0.25, -0.2) is 0 Å². The minimum absolute atomic E-state index is 0.758. The average molecular weight is 310 g/mol. The number of para-hydroxylation sites is 2. The Morgan fingerprint density at radius 2 is 1.62 bits per heavy atom. The Balaban J connectivity index is 1.86. The van der Waals surface area contributed by atoms with E-state index in [9.17, 15) is 0 Å². The summed E-state index contributed by atoms with van der Waals surface area (Å²) in [6, 6.07) is 22.7. The van der Waals surface area contributed by atoms with Gasteiger partial charge in [-0.2, -0.15) is 0 Å². The van der Waals surface area contributed by atoms with Crippen LogP contribution >= 0.6 is 23.4 Å². The van der Waals surface area contributed by atoms with Crippen LogP contribution in [0.4, 0.5) is 11.4 Å².